The summed E-state index contributed by atoms with van der Waals surface area (Å²) in [7, 11) is -4.03. The number of fused-ring (bicyclic) bond motifs is 1. The Morgan fingerprint density at radius 1 is 1.36 bits per heavy atom. The maximum atomic E-state index is 12.4. The van der Waals surface area contributed by atoms with Crippen molar-refractivity contribution in [1.82, 2.24) is 19.1 Å². The van der Waals surface area contributed by atoms with Gasteiger partial charge in [0.05, 0.1) is 5.69 Å². The Bertz CT molecular complexity index is 972. The molecule has 9 heteroatoms. The Labute approximate surface area is 130 Å². The summed E-state index contributed by atoms with van der Waals surface area (Å²) >= 11 is 1.37. The standard InChI is InChI=1S/C13H12N4O3S2/c1-8-4-3-5-14-12(8)22(19,20)16-11(18)10-9(2)15-13-17(10)6-7-21-13/h3-7H,1-2H3,(H,16,18). The summed E-state index contributed by atoms with van der Waals surface area (Å²) in [4.78, 5) is 21.1. The molecule has 0 unspecified atom stereocenters. The highest BCUT2D eigenvalue weighted by Crippen LogP contribution is 2.18. The molecule has 0 spiro atoms. The zero-order valence-electron chi connectivity index (χ0n) is 11.8. The summed E-state index contributed by atoms with van der Waals surface area (Å²) in [6.45, 7) is 3.28. The van der Waals surface area contributed by atoms with Crippen LogP contribution in [0.5, 0.6) is 0 Å². The fourth-order valence-electron chi connectivity index (χ4n) is 2.14. The van der Waals surface area contributed by atoms with Crippen molar-refractivity contribution in [3.8, 4) is 0 Å². The summed E-state index contributed by atoms with van der Waals surface area (Å²) in [5.41, 5.74) is 1.14. The molecule has 114 valence electrons. The van der Waals surface area contributed by atoms with Crippen LogP contribution in [0.3, 0.4) is 0 Å². The monoisotopic (exact) mass is 336 g/mol. The Balaban J connectivity index is 1.99. The third-order valence-corrected chi connectivity index (χ3v) is 5.24. The van der Waals surface area contributed by atoms with Crippen LogP contribution in [-0.2, 0) is 10.0 Å². The van der Waals surface area contributed by atoms with Gasteiger partial charge in [0.25, 0.3) is 15.9 Å². The van der Waals surface area contributed by atoms with E-state index in [2.05, 4.69) is 14.7 Å². The molecule has 0 atom stereocenters. The average molecular weight is 336 g/mol. The Kier molecular flexibility index (Phi) is 3.45. The van der Waals surface area contributed by atoms with Gasteiger partial charge in [-0.05, 0) is 25.5 Å². The first-order valence-electron chi connectivity index (χ1n) is 6.31. The van der Waals surface area contributed by atoms with Crippen molar-refractivity contribution in [2.75, 3.05) is 0 Å². The van der Waals surface area contributed by atoms with Crippen molar-refractivity contribution in [3.63, 3.8) is 0 Å². The fourth-order valence-corrected chi connectivity index (χ4v) is 4.03. The highest BCUT2D eigenvalue weighted by atomic mass is 32.2. The van der Waals surface area contributed by atoms with Crippen molar-refractivity contribution in [2.45, 2.75) is 18.9 Å². The molecule has 0 aliphatic rings. The van der Waals surface area contributed by atoms with Gasteiger partial charge in [-0.15, -0.1) is 11.3 Å². The van der Waals surface area contributed by atoms with Crippen LogP contribution in [0.1, 0.15) is 21.7 Å². The molecular weight excluding hydrogens is 324 g/mol. The molecule has 0 aliphatic carbocycles. The van der Waals surface area contributed by atoms with Gasteiger partial charge in [0.15, 0.2) is 9.99 Å². The lowest BCUT2D eigenvalue weighted by Crippen LogP contribution is -2.32. The van der Waals surface area contributed by atoms with Gasteiger partial charge >= 0.3 is 0 Å². The summed E-state index contributed by atoms with van der Waals surface area (Å²) in [6, 6.07) is 3.25. The third kappa shape index (κ3) is 2.38. The first-order chi connectivity index (χ1) is 10.4. The minimum atomic E-state index is -4.03. The smallest absolute Gasteiger partial charge is 0.283 e. The van der Waals surface area contributed by atoms with Crippen LogP contribution in [0.25, 0.3) is 4.96 Å². The molecule has 1 amide bonds. The van der Waals surface area contributed by atoms with Crippen molar-refractivity contribution in [1.29, 1.82) is 0 Å². The van der Waals surface area contributed by atoms with Gasteiger partial charge in [-0.25, -0.2) is 14.7 Å². The largest absolute Gasteiger partial charge is 0.286 e. The molecule has 0 saturated carbocycles. The van der Waals surface area contributed by atoms with Gasteiger partial charge < -0.3 is 0 Å². The van der Waals surface area contributed by atoms with E-state index >= 15 is 0 Å². The predicted octanol–water partition coefficient (Wildman–Crippen LogP) is 1.53. The summed E-state index contributed by atoms with van der Waals surface area (Å²) in [5.74, 6) is -0.728. The second-order valence-electron chi connectivity index (χ2n) is 4.66. The summed E-state index contributed by atoms with van der Waals surface area (Å²) < 4.78 is 28.3. The lowest BCUT2D eigenvalue weighted by atomic mass is 10.3. The van der Waals surface area contributed by atoms with E-state index in [1.165, 1.54) is 17.5 Å². The SMILES string of the molecule is Cc1cccnc1S(=O)(=O)NC(=O)c1c(C)nc2sccn12. The van der Waals surface area contributed by atoms with E-state index in [1.807, 2.05) is 0 Å². The molecule has 3 heterocycles. The van der Waals surface area contributed by atoms with Gasteiger partial charge in [0.1, 0.15) is 5.69 Å². The van der Waals surface area contributed by atoms with Gasteiger partial charge in [-0.3, -0.25) is 9.20 Å². The van der Waals surface area contributed by atoms with Crippen LogP contribution in [0.15, 0.2) is 34.9 Å². The number of carbonyl (C=O) groups is 1. The molecule has 1 N–H and O–H groups in total. The molecule has 22 heavy (non-hydrogen) atoms. The lowest BCUT2D eigenvalue weighted by molar-refractivity contribution is 0.0975. The minimum Gasteiger partial charge on any atom is -0.286 e. The van der Waals surface area contributed by atoms with E-state index in [0.29, 0.717) is 16.2 Å². The maximum Gasteiger partial charge on any atom is 0.283 e. The van der Waals surface area contributed by atoms with Gasteiger partial charge in [-0.2, -0.15) is 8.42 Å². The first-order valence-corrected chi connectivity index (χ1v) is 8.67. The number of imidazole rings is 1. The number of hydrogen-bond acceptors (Lipinski definition) is 6. The topological polar surface area (TPSA) is 93.4 Å². The van der Waals surface area contributed by atoms with Crippen molar-refractivity contribution >= 4 is 32.2 Å². The number of thiazole rings is 1. The van der Waals surface area contributed by atoms with Crippen LogP contribution in [0.4, 0.5) is 0 Å². The molecule has 0 aromatic carbocycles. The molecule has 0 bridgehead atoms. The molecule has 7 nitrogen and oxygen atoms in total. The lowest BCUT2D eigenvalue weighted by Gasteiger charge is -2.08. The van der Waals surface area contributed by atoms with Crippen LogP contribution < -0.4 is 4.72 Å². The van der Waals surface area contributed by atoms with Crippen LogP contribution >= 0.6 is 11.3 Å². The number of nitrogens with zero attached hydrogens (tertiary/aromatic N) is 3. The molecule has 3 aromatic heterocycles. The Morgan fingerprint density at radius 3 is 2.86 bits per heavy atom. The molecule has 3 aromatic rings. The van der Waals surface area contributed by atoms with Gasteiger partial charge in [0.2, 0.25) is 0 Å². The summed E-state index contributed by atoms with van der Waals surface area (Å²) in [6.07, 6.45) is 3.04. The number of pyridine rings is 1. The first kappa shape index (κ1) is 14.7. The van der Waals surface area contributed by atoms with Gasteiger partial charge in [-0.1, -0.05) is 6.07 Å². The van der Waals surface area contributed by atoms with Crippen LogP contribution in [0.2, 0.25) is 0 Å². The molecule has 0 radical (unpaired) electrons. The molecular formula is C13H12N4O3S2. The number of aromatic nitrogens is 3. The van der Waals surface area contributed by atoms with Crippen LogP contribution in [-0.4, -0.2) is 28.7 Å². The Morgan fingerprint density at radius 2 is 2.14 bits per heavy atom. The van der Waals surface area contributed by atoms with E-state index in [1.54, 1.807) is 42.0 Å². The minimum absolute atomic E-state index is 0.160. The highest BCUT2D eigenvalue weighted by Gasteiger charge is 2.25. The summed E-state index contributed by atoms with van der Waals surface area (Å²) in [5, 5.41) is 1.61. The normalized spacial score (nSPS) is 11.7. The second-order valence-corrected chi connectivity index (χ2v) is 7.13. The average Bonchev–Trinajstić information content (AvgIpc) is 2.97. The number of nitrogens with one attached hydrogen (secondary N) is 1. The zero-order valence-corrected chi connectivity index (χ0v) is 13.4. The number of hydrogen-bond donors (Lipinski definition) is 1. The Hall–Kier alpha value is -2.26. The van der Waals surface area contributed by atoms with E-state index in [4.69, 9.17) is 0 Å². The highest BCUT2D eigenvalue weighted by molar-refractivity contribution is 7.90. The fraction of sp³-hybridized carbons (Fsp3) is 0.154. The molecule has 3 rings (SSSR count). The van der Waals surface area contributed by atoms with E-state index < -0.39 is 15.9 Å². The number of amides is 1. The molecule has 0 saturated heterocycles. The molecule has 0 fully saturated rings. The second kappa shape index (κ2) is 5.18. The van der Waals surface area contributed by atoms with Crippen molar-refractivity contribution in [2.24, 2.45) is 0 Å². The van der Waals surface area contributed by atoms with Gasteiger partial charge in [0, 0.05) is 17.8 Å². The van der Waals surface area contributed by atoms with E-state index in [9.17, 15) is 13.2 Å². The van der Waals surface area contributed by atoms with E-state index in [0.717, 1.165) is 0 Å². The number of aryl methyl sites for hydroxylation is 2. The number of rotatable bonds is 3. The quantitative estimate of drug-likeness (QED) is 0.783. The predicted molar refractivity (Wildman–Crippen MR) is 81.4 cm³/mol. The number of sulfonamides is 1. The maximum absolute atomic E-state index is 12.4. The van der Waals surface area contributed by atoms with Crippen LogP contribution in [0, 0.1) is 13.8 Å². The zero-order chi connectivity index (χ0) is 15.9. The van der Waals surface area contributed by atoms with Crippen molar-refractivity contribution in [3.05, 3.63) is 46.9 Å². The third-order valence-electron chi connectivity index (χ3n) is 3.09. The molecule has 0 aliphatic heterocycles. The van der Waals surface area contributed by atoms with E-state index in [-0.39, 0.29) is 10.7 Å². The number of carbonyl (C=O) groups excluding carboxylic acids is 1. The van der Waals surface area contributed by atoms with Crippen molar-refractivity contribution < 1.29 is 13.2 Å².